The van der Waals surface area contributed by atoms with Crippen LogP contribution < -0.4 is 5.32 Å². The van der Waals surface area contributed by atoms with Crippen LogP contribution in [0.4, 0.5) is 5.69 Å². The Hall–Kier alpha value is -1.28. The molecule has 0 saturated heterocycles. The third-order valence-corrected chi connectivity index (χ3v) is 2.63. The van der Waals surface area contributed by atoms with Crippen molar-refractivity contribution in [2.45, 2.75) is 20.8 Å². The molecule has 0 unspecified atom stereocenters. The van der Waals surface area contributed by atoms with E-state index in [9.17, 15) is 4.79 Å². The summed E-state index contributed by atoms with van der Waals surface area (Å²) < 4.78 is 0. The highest BCUT2D eigenvalue weighted by Gasteiger charge is 2.04. The average molecular weight is 224 g/mol. The van der Waals surface area contributed by atoms with Gasteiger partial charge in [-0.2, -0.15) is 0 Å². The van der Waals surface area contributed by atoms with Crippen molar-refractivity contribution in [2.24, 2.45) is 0 Å². The molecule has 0 aliphatic heterocycles. The lowest BCUT2D eigenvalue weighted by molar-refractivity contribution is -0.112. The van der Waals surface area contributed by atoms with E-state index < -0.39 is 0 Å². The van der Waals surface area contributed by atoms with Crippen LogP contribution in [0.25, 0.3) is 0 Å². The Balaban J connectivity index is 2.82. The normalized spacial score (nSPS) is 11.3. The zero-order chi connectivity index (χ0) is 11.4. The van der Waals surface area contributed by atoms with Gasteiger partial charge in [-0.3, -0.25) is 4.79 Å². The number of halogens is 1. The Morgan fingerprint density at radius 3 is 2.67 bits per heavy atom. The fourth-order valence-corrected chi connectivity index (χ4v) is 1.20. The highest BCUT2D eigenvalue weighted by atomic mass is 35.5. The molecule has 0 heterocycles. The molecule has 1 aromatic carbocycles. The van der Waals surface area contributed by atoms with Crippen LogP contribution in [0.3, 0.4) is 0 Å². The Labute approximate surface area is 94.9 Å². The maximum Gasteiger partial charge on any atom is 0.250 e. The predicted octanol–water partition coefficient (Wildman–Crippen LogP) is 3.55. The number of carbonyl (C=O) groups excluding carboxylic acids is 1. The summed E-state index contributed by atoms with van der Waals surface area (Å²) in [6.07, 6.45) is 1.78. The topological polar surface area (TPSA) is 29.1 Å². The van der Waals surface area contributed by atoms with Gasteiger partial charge in [0.2, 0.25) is 0 Å². The number of nitrogens with one attached hydrogen (secondary N) is 1. The fourth-order valence-electron chi connectivity index (χ4n) is 1.08. The van der Waals surface area contributed by atoms with E-state index in [1.807, 2.05) is 19.9 Å². The van der Waals surface area contributed by atoms with E-state index in [1.165, 1.54) is 0 Å². The van der Waals surface area contributed by atoms with E-state index in [0.717, 1.165) is 11.3 Å². The van der Waals surface area contributed by atoms with Crippen molar-refractivity contribution in [3.05, 3.63) is 40.4 Å². The second-order valence-electron chi connectivity index (χ2n) is 3.39. The zero-order valence-corrected chi connectivity index (χ0v) is 9.85. The van der Waals surface area contributed by atoms with Gasteiger partial charge in [-0.15, -0.1) is 0 Å². The molecule has 0 radical (unpaired) electrons. The molecule has 1 N–H and O–H groups in total. The van der Waals surface area contributed by atoms with Gasteiger partial charge in [-0.05, 0) is 44.5 Å². The van der Waals surface area contributed by atoms with E-state index in [2.05, 4.69) is 5.32 Å². The van der Waals surface area contributed by atoms with E-state index in [-0.39, 0.29) is 5.91 Å². The lowest BCUT2D eigenvalue weighted by atomic mass is 10.2. The molecule has 15 heavy (non-hydrogen) atoms. The lowest BCUT2D eigenvalue weighted by Crippen LogP contribution is -2.12. The minimum absolute atomic E-state index is 0.0841. The van der Waals surface area contributed by atoms with Crippen LogP contribution in [0.5, 0.6) is 0 Å². The fraction of sp³-hybridized carbons (Fsp3) is 0.250. The summed E-state index contributed by atoms with van der Waals surface area (Å²) in [7, 11) is 0. The smallest absolute Gasteiger partial charge is 0.250 e. The van der Waals surface area contributed by atoms with Gasteiger partial charge in [0.1, 0.15) is 0 Å². The van der Waals surface area contributed by atoms with Crippen molar-refractivity contribution in [3.63, 3.8) is 0 Å². The number of aryl methyl sites for hydroxylation is 1. The summed E-state index contributed by atoms with van der Waals surface area (Å²) >= 11 is 5.88. The number of benzene rings is 1. The molecule has 0 aliphatic carbocycles. The Morgan fingerprint density at radius 2 is 2.13 bits per heavy atom. The van der Waals surface area contributed by atoms with Gasteiger partial charge in [0.15, 0.2) is 0 Å². The van der Waals surface area contributed by atoms with Crippen molar-refractivity contribution in [3.8, 4) is 0 Å². The molecule has 0 bridgehead atoms. The first-order valence-corrected chi connectivity index (χ1v) is 5.13. The van der Waals surface area contributed by atoms with E-state index >= 15 is 0 Å². The van der Waals surface area contributed by atoms with Crippen molar-refractivity contribution < 1.29 is 4.79 Å². The number of anilines is 1. The zero-order valence-electron chi connectivity index (χ0n) is 9.10. The third kappa shape index (κ3) is 3.10. The molecule has 0 fully saturated rings. The number of carbonyl (C=O) groups is 1. The number of hydrogen-bond donors (Lipinski definition) is 1. The van der Waals surface area contributed by atoms with Gasteiger partial charge in [0.05, 0.1) is 0 Å². The highest BCUT2D eigenvalue weighted by molar-refractivity contribution is 6.31. The Morgan fingerprint density at radius 1 is 1.47 bits per heavy atom. The first kappa shape index (κ1) is 11.8. The van der Waals surface area contributed by atoms with Crippen LogP contribution in [-0.2, 0) is 4.79 Å². The first-order valence-electron chi connectivity index (χ1n) is 4.75. The summed E-state index contributed by atoms with van der Waals surface area (Å²) in [5.41, 5.74) is 2.42. The summed E-state index contributed by atoms with van der Waals surface area (Å²) in [5.74, 6) is -0.0841. The summed E-state index contributed by atoms with van der Waals surface area (Å²) in [4.78, 5) is 11.5. The molecular weight excluding hydrogens is 210 g/mol. The van der Waals surface area contributed by atoms with E-state index in [4.69, 9.17) is 11.6 Å². The second kappa shape index (κ2) is 4.99. The summed E-state index contributed by atoms with van der Waals surface area (Å²) in [6.45, 7) is 5.51. The monoisotopic (exact) mass is 223 g/mol. The maximum absolute atomic E-state index is 11.5. The standard InChI is InChI=1S/C12H14ClNO/c1-4-8(2)12(15)14-10-5-6-11(13)9(3)7-10/h4-7H,1-3H3,(H,14,15)/b8-4+. The summed E-state index contributed by atoms with van der Waals surface area (Å²) in [6, 6.07) is 5.41. The van der Waals surface area contributed by atoms with Gasteiger partial charge < -0.3 is 5.32 Å². The molecule has 0 aliphatic rings. The number of amides is 1. The van der Waals surface area contributed by atoms with E-state index in [1.54, 1.807) is 25.1 Å². The molecule has 1 aromatic rings. The maximum atomic E-state index is 11.5. The molecular formula is C12H14ClNO. The van der Waals surface area contributed by atoms with Gasteiger partial charge in [-0.1, -0.05) is 17.7 Å². The van der Waals surface area contributed by atoms with Crippen LogP contribution in [-0.4, -0.2) is 5.91 Å². The molecule has 0 atom stereocenters. The molecule has 2 nitrogen and oxygen atoms in total. The van der Waals surface area contributed by atoms with Gasteiger partial charge in [-0.25, -0.2) is 0 Å². The number of hydrogen-bond acceptors (Lipinski definition) is 1. The molecule has 1 amide bonds. The minimum Gasteiger partial charge on any atom is -0.322 e. The molecule has 3 heteroatoms. The largest absolute Gasteiger partial charge is 0.322 e. The molecule has 80 valence electrons. The van der Waals surface area contributed by atoms with Crippen molar-refractivity contribution in [1.29, 1.82) is 0 Å². The average Bonchev–Trinajstić information content (AvgIpc) is 2.22. The molecule has 0 saturated carbocycles. The minimum atomic E-state index is -0.0841. The van der Waals surface area contributed by atoms with Gasteiger partial charge in [0.25, 0.3) is 5.91 Å². The van der Waals surface area contributed by atoms with E-state index in [0.29, 0.717) is 10.6 Å². The first-order chi connectivity index (χ1) is 7.04. The number of allylic oxidation sites excluding steroid dienone is 1. The quantitative estimate of drug-likeness (QED) is 0.764. The van der Waals surface area contributed by atoms with Crippen LogP contribution in [0, 0.1) is 6.92 Å². The van der Waals surface area contributed by atoms with Gasteiger partial charge in [0, 0.05) is 16.3 Å². The predicted molar refractivity (Wildman–Crippen MR) is 64.2 cm³/mol. The SMILES string of the molecule is C/C=C(\C)C(=O)Nc1ccc(Cl)c(C)c1. The lowest BCUT2D eigenvalue weighted by Gasteiger charge is -2.06. The van der Waals surface area contributed by atoms with Crippen LogP contribution in [0.2, 0.25) is 5.02 Å². The Kier molecular flexibility index (Phi) is 3.92. The molecule has 0 aromatic heterocycles. The van der Waals surface area contributed by atoms with Gasteiger partial charge >= 0.3 is 0 Å². The molecule has 0 spiro atoms. The third-order valence-electron chi connectivity index (χ3n) is 2.21. The summed E-state index contributed by atoms with van der Waals surface area (Å²) in [5, 5.41) is 3.50. The highest BCUT2D eigenvalue weighted by Crippen LogP contribution is 2.19. The van der Waals surface area contributed by atoms with Crippen molar-refractivity contribution in [1.82, 2.24) is 0 Å². The van der Waals surface area contributed by atoms with Crippen LogP contribution >= 0.6 is 11.6 Å². The molecule has 1 rings (SSSR count). The number of rotatable bonds is 2. The van der Waals surface area contributed by atoms with Crippen LogP contribution in [0.15, 0.2) is 29.8 Å². The van der Waals surface area contributed by atoms with Crippen molar-refractivity contribution >= 4 is 23.2 Å². The van der Waals surface area contributed by atoms with Crippen molar-refractivity contribution in [2.75, 3.05) is 5.32 Å². The Bertz CT molecular complexity index is 410. The van der Waals surface area contributed by atoms with Crippen LogP contribution in [0.1, 0.15) is 19.4 Å². The second-order valence-corrected chi connectivity index (χ2v) is 3.80.